The Morgan fingerprint density at radius 3 is 2.58 bits per heavy atom. The number of carbonyl (C=O) groups is 1. The fourth-order valence-corrected chi connectivity index (χ4v) is 2.98. The number of nitrogens with one attached hydrogen (secondary N) is 1. The van der Waals surface area contributed by atoms with Gasteiger partial charge in [0.2, 0.25) is 11.9 Å². The highest BCUT2D eigenvalue weighted by atomic mass is 79.9. The number of carbonyl (C=O) groups excluding carboxylic acids is 1. The predicted octanol–water partition coefficient (Wildman–Crippen LogP) is 2.31. The van der Waals surface area contributed by atoms with Crippen LogP contribution >= 0.6 is 15.9 Å². The van der Waals surface area contributed by atoms with Gasteiger partial charge < -0.3 is 15.1 Å². The summed E-state index contributed by atoms with van der Waals surface area (Å²) < 4.78 is 1.04. The lowest BCUT2D eigenvalue weighted by Crippen LogP contribution is -2.50. The Morgan fingerprint density at radius 2 is 1.92 bits per heavy atom. The van der Waals surface area contributed by atoms with E-state index in [9.17, 15) is 4.79 Å². The standard InChI is InChI=1S/C17H20BrN5O/c1-13-3-4-14(11-15(13)18)21-12-16(24)22-7-9-23(10-8-22)17-19-5-2-6-20-17/h2-6,11,21H,7-10,12H2,1H3. The lowest BCUT2D eigenvalue weighted by Gasteiger charge is -2.34. The number of anilines is 2. The van der Waals surface area contributed by atoms with Crippen molar-refractivity contribution < 1.29 is 4.79 Å². The van der Waals surface area contributed by atoms with Crippen LogP contribution in [0.3, 0.4) is 0 Å². The first-order valence-corrected chi connectivity index (χ1v) is 8.72. The number of hydrogen-bond donors (Lipinski definition) is 1. The van der Waals surface area contributed by atoms with Gasteiger partial charge in [0.05, 0.1) is 6.54 Å². The summed E-state index contributed by atoms with van der Waals surface area (Å²) >= 11 is 3.51. The van der Waals surface area contributed by atoms with E-state index in [4.69, 9.17) is 0 Å². The van der Waals surface area contributed by atoms with Crippen molar-refractivity contribution in [3.05, 3.63) is 46.7 Å². The third-order valence-corrected chi connectivity index (χ3v) is 4.94. The minimum absolute atomic E-state index is 0.111. The van der Waals surface area contributed by atoms with E-state index in [0.717, 1.165) is 29.2 Å². The van der Waals surface area contributed by atoms with Crippen LogP contribution in [-0.2, 0) is 4.79 Å². The van der Waals surface area contributed by atoms with E-state index < -0.39 is 0 Å². The number of benzene rings is 1. The first-order chi connectivity index (χ1) is 11.6. The van der Waals surface area contributed by atoms with Crippen molar-refractivity contribution in [2.24, 2.45) is 0 Å². The van der Waals surface area contributed by atoms with Crippen LogP contribution in [0, 0.1) is 6.92 Å². The normalized spacial score (nSPS) is 14.6. The van der Waals surface area contributed by atoms with Gasteiger partial charge in [-0.3, -0.25) is 4.79 Å². The minimum Gasteiger partial charge on any atom is -0.376 e. The molecular weight excluding hydrogens is 370 g/mol. The summed E-state index contributed by atoms with van der Waals surface area (Å²) in [5.74, 6) is 0.840. The summed E-state index contributed by atoms with van der Waals surface area (Å²) in [4.78, 5) is 24.9. The van der Waals surface area contributed by atoms with Crippen molar-refractivity contribution >= 4 is 33.5 Å². The SMILES string of the molecule is Cc1ccc(NCC(=O)N2CCN(c3ncccn3)CC2)cc1Br. The van der Waals surface area contributed by atoms with Gasteiger partial charge >= 0.3 is 0 Å². The molecule has 7 heteroatoms. The zero-order valence-corrected chi connectivity index (χ0v) is 15.2. The number of hydrogen-bond acceptors (Lipinski definition) is 5. The average molecular weight is 390 g/mol. The minimum atomic E-state index is 0.111. The van der Waals surface area contributed by atoms with Crippen LogP contribution < -0.4 is 10.2 Å². The van der Waals surface area contributed by atoms with Crippen LogP contribution in [0.25, 0.3) is 0 Å². The van der Waals surface area contributed by atoms with Gasteiger partial charge in [-0.05, 0) is 30.7 Å². The van der Waals surface area contributed by atoms with E-state index in [1.165, 1.54) is 5.56 Å². The molecule has 1 aromatic heterocycles. The van der Waals surface area contributed by atoms with E-state index in [2.05, 4.69) is 36.1 Å². The van der Waals surface area contributed by atoms with Gasteiger partial charge in [-0.1, -0.05) is 22.0 Å². The summed E-state index contributed by atoms with van der Waals surface area (Å²) in [6.45, 7) is 5.23. The van der Waals surface area contributed by atoms with Gasteiger partial charge in [-0.2, -0.15) is 0 Å². The van der Waals surface area contributed by atoms with E-state index in [1.807, 2.05) is 30.0 Å². The van der Waals surface area contributed by atoms with E-state index in [0.29, 0.717) is 19.6 Å². The van der Waals surface area contributed by atoms with Crippen LogP contribution in [0.4, 0.5) is 11.6 Å². The van der Waals surface area contributed by atoms with Gasteiger partial charge in [0.25, 0.3) is 0 Å². The quantitative estimate of drug-likeness (QED) is 0.868. The number of nitrogens with zero attached hydrogens (tertiary/aromatic N) is 4. The monoisotopic (exact) mass is 389 g/mol. The zero-order chi connectivity index (χ0) is 16.9. The molecule has 126 valence electrons. The molecule has 0 aliphatic carbocycles. The Hall–Kier alpha value is -2.15. The van der Waals surface area contributed by atoms with Crippen molar-refractivity contribution in [3.63, 3.8) is 0 Å². The predicted molar refractivity (Wildman–Crippen MR) is 98.2 cm³/mol. The van der Waals surface area contributed by atoms with Crippen LogP contribution in [0.15, 0.2) is 41.1 Å². The second-order valence-corrected chi connectivity index (χ2v) is 6.59. The Labute approximate surface area is 150 Å². The van der Waals surface area contributed by atoms with E-state index in [1.54, 1.807) is 18.5 Å². The molecule has 0 unspecified atom stereocenters. The molecule has 2 aromatic rings. The Bertz CT molecular complexity index is 701. The summed E-state index contributed by atoms with van der Waals surface area (Å²) in [7, 11) is 0. The highest BCUT2D eigenvalue weighted by molar-refractivity contribution is 9.10. The second kappa shape index (κ2) is 7.61. The van der Waals surface area contributed by atoms with E-state index in [-0.39, 0.29) is 5.91 Å². The Balaban J connectivity index is 1.49. The Kier molecular flexibility index (Phi) is 5.30. The number of rotatable bonds is 4. The number of aromatic nitrogens is 2. The molecule has 0 saturated carbocycles. The van der Waals surface area contributed by atoms with Gasteiger partial charge in [-0.25, -0.2) is 9.97 Å². The third-order valence-electron chi connectivity index (χ3n) is 4.08. The van der Waals surface area contributed by atoms with Gasteiger partial charge in [0, 0.05) is 48.7 Å². The van der Waals surface area contributed by atoms with Crippen molar-refractivity contribution in [1.29, 1.82) is 0 Å². The number of aryl methyl sites for hydroxylation is 1. The maximum absolute atomic E-state index is 12.4. The first-order valence-electron chi connectivity index (χ1n) is 7.93. The fraction of sp³-hybridized carbons (Fsp3) is 0.353. The molecule has 3 rings (SSSR count). The third kappa shape index (κ3) is 4.03. The second-order valence-electron chi connectivity index (χ2n) is 5.73. The van der Waals surface area contributed by atoms with Crippen LogP contribution in [0.2, 0.25) is 0 Å². The molecule has 0 spiro atoms. The fourth-order valence-electron chi connectivity index (χ4n) is 2.60. The molecule has 24 heavy (non-hydrogen) atoms. The van der Waals surface area contributed by atoms with Crippen molar-refractivity contribution in [3.8, 4) is 0 Å². The van der Waals surface area contributed by atoms with Crippen molar-refractivity contribution in [2.45, 2.75) is 6.92 Å². The van der Waals surface area contributed by atoms with Crippen molar-refractivity contribution in [2.75, 3.05) is 42.9 Å². The topological polar surface area (TPSA) is 61.4 Å². The van der Waals surface area contributed by atoms with Crippen molar-refractivity contribution in [1.82, 2.24) is 14.9 Å². The summed E-state index contributed by atoms with van der Waals surface area (Å²) in [5.41, 5.74) is 2.11. The molecule has 0 radical (unpaired) electrons. The maximum Gasteiger partial charge on any atom is 0.241 e. The number of piperazine rings is 1. The molecule has 2 heterocycles. The lowest BCUT2D eigenvalue weighted by molar-refractivity contribution is -0.129. The molecule has 1 fully saturated rings. The molecule has 0 atom stereocenters. The first kappa shape index (κ1) is 16.7. The van der Waals surface area contributed by atoms with Crippen LogP contribution in [0.1, 0.15) is 5.56 Å². The Morgan fingerprint density at radius 1 is 1.21 bits per heavy atom. The van der Waals surface area contributed by atoms with Gasteiger partial charge in [0.1, 0.15) is 0 Å². The lowest BCUT2D eigenvalue weighted by atomic mass is 10.2. The highest BCUT2D eigenvalue weighted by Gasteiger charge is 2.22. The molecular formula is C17H20BrN5O. The molecule has 1 aliphatic heterocycles. The molecule has 1 amide bonds. The number of amides is 1. The molecule has 1 saturated heterocycles. The molecule has 1 aromatic carbocycles. The highest BCUT2D eigenvalue weighted by Crippen LogP contribution is 2.20. The molecule has 1 aliphatic rings. The van der Waals surface area contributed by atoms with Gasteiger partial charge in [-0.15, -0.1) is 0 Å². The summed E-state index contributed by atoms with van der Waals surface area (Å²) in [6.07, 6.45) is 3.48. The molecule has 1 N–H and O–H groups in total. The average Bonchev–Trinajstić information content (AvgIpc) is 2.63. The molecule has 6 nitrogen and oxygen atoms in total. The smallest absolute Gasteiger partial charge is 0.241 e. The van der Waals surface area contributed by atoms with Gasteiger partial charge in [0.15, 0.2) is 0 Å². The zero-order valence-electron chi connectivity index (χ0n) is 13.6. The van der Waals surface area contributed by atoms with Crippen LogP contribution in [0.5, 0.6) is 0 Å². The van der Waals surface area contributed by atoms with Crippen LogP contribution in [-0.4, -0.2) is 53.5 Å². The summed E-state index contributed by atoms with van der Waals surface area (Å²) in [5, 5.41) is 3.19. The maximum atomic E-state index is 12.4. The molecule has 0 bridgehead atoms. The van der Waals surface area contributed by atoms with E-state index >= 15 is 0 Å². The number of halogens is 1. The largest absolute Gasteiger partial charge is 0.376 e. The summed E-state index contributed by atoms with van der Waals surface area (Å²) in [6, 6.07) is 7.80.